The van der Waals surface area contributed by atoms with Crippen LogP contribution in [0.5, 0.6) is 0 Å². The fourth-order valence-corrected chi connectivity index (χ4v) is 4.22. The van der Waals surface area contributed by atoms with E-state index in [1.807, 2.05) is 7.05 Å². The number of benzene rings is 1. The molecule has 1 aromatic carbocycles. The van der Waals surface area contributed by atoms with E-state index in [4.69, 9.17) is 4.98 Å². The summed E-state index contributed by atoms with van der Waals surface area (Å²) in [5.74, 6) is 0.491. The number of nitrogens with zero attached hydrogens (tertiary/aromatic N) is 1. The van der Waals surface area contributed by atoms with Crippen molar-refractivity contribution in [3.63, 3.8) is 0 Å². The van der Waals surface area contributed by atoms with Crippen LogP contribution in [0.3, 0.4) is 0 Å². The molecule has 3 rings (SSSR count). The smallest absolute Gasteiger partial charge is 0.0712 e. The number of hydrogen-bond donors (Lipinski definition) is 1. The number of fused-ring (bicyclic) bond motifs is 2. The van der Waals surface area contributed by atoms with Crippen molar-refractivity contribution in [2.45, 2.75) is 59.3 Å². The Balaban J connectivity index is 2.41. The quantitative estimate of drug-likeness (QED) is 0.751. The van der Waals surface area contributed by atoms with E-state index in [1.54, 1.807) is 0 Å². The zero-order valence-electron chi connectivity index (χ0n) is 16.6. The average molecular weight is 335 g/mol. The van der Waals surface area contributed by atoms with Crippen LogP contribution >= 0.6 is 0 Å². The van der Waals surface area contributed by atoms with Crippen molar-refractivity contribution in [3.8, 4) is 0 Å². The van der Waals surface area contributed by atoms with Crippen molar-refractivity contribution in [2.24, 2.45) is 0 Å². The summed E-state index contributed by atoms with van der Waals surface area (Å²) in [7, 11) is 1.98. The maximum Gasteiger partial charge on any atom is 0.0712 e. The molecule has 0 unspecified atom stereocenters. The van der Waals surface area contributed by atoms with Gasteiger partial charge in [0, 0.05) is 24.0 Å². The van der Waals surface area contributed by atoms with E-state index >= 15 is 0 Å². The molecule has 0 radical (unpaired) electrons. The van der Waals surface area contributed by atoms with Crippen molar-refractivity contribution in [2.75, 3.05) is 7.05 Å². The zero-order valence-corrected chi connectivity index (χ0v) is 16.6. The van der Waals surface area contributed by atoms with Gasteiger partial charge in [0.05, 0.1) is 11.2 Å². The van der Waals surface area contributed by atoms with E-state index in [0.29, 0.717) is 5.92 Å². The van der Waals surface area contributed by atoms with Gasteiger partial charge in [0.2, 0.25) is 0 Å². The average Bonchev–Trinajstić information content (AvgIpc) is 2.58. The molecule has 2 aromatic rings. The summed E-state index contributed by atoms with van der Waals surface area (Å²) >= 11 is 0. The van der Waals surface area contributed by atoms with Crippen LogP contribution in [0.15, 0.2) is 41.6 Å². The van der Waals surface area contributed by atoms with E-state index in [1.165, 1.54) is 38.9 Å². The van der Waals surface area contributed by atoms with Crippen LogP contribution in [-0.4, -0.2) is 12.0 Å². The van der Waals surface area contributed by atoms with Gasteiger partial charge in [0.1, 0.15) is 0 Å². The van der Waals surface area contributed by atoms with Crippen molar-refractivity contribution in [1.29, 1.82) is 0 Å². The molecular formula is C23H30N2. The molecule has 1 aliphatic rings. The van der Waals surface area contributed by atoms with Crippen LogP contribution < -0.4 is 5.32 Å². The van der Waals surface area contributed by atoms with Crippen LogP contribution in [0.25, 0.3) is 16.5 Å². The summed E-state index contributed by atoms with van der Waals surface area (Å²) in [6.45, 7) is 13.6. The lowest BCUT2D eigenvalue weighted by Gasteiger charge is -2.37. The van der Waals surface area contributed by atoms with Crippen molar-refractivity contribution >= 4 is 16.5 Å². The molecule has 0 aliphatic heterocycles. The van der Waals surface area contributed by atoms with E-state index < -0.39 is 0 Å². The van der Waals surface area contributed by atoms with Crippen LogP contribution in [-0.2, 0) is 5.41 Å². The highest BCUT2D eigenvalue weighted by Gasteiger charge is 2.36. The second kappa shape index (κ2) is 6.33. The Bertz CT molecular complexity index is 882. The maximum atomic E-state index is 5.12. The molecule has 0 fully saturated rings. The SMILES string of the molecule is CCC1=C(C)c2nc3cccc(C(C)C)c3cc2C(C)(C)/C1=C/NC. The molecule has 0 atom stereocenters. The zero-order chi connectivity index (χ0) is 18.4. The maximum absolute atomic E-state index is 5.12. The molecule has 132 valence electrons. The van der Waals surface area contributed by atoms with Crippen molar-refractivity contribution in [1.82, 2.24) is 10.3 Å². The van der Waals surface area contributed by atoms with Crippen molar-refractivity contribution in [3.05, 3.63) is 58.4 Å². The van der Waals surface area contributed by atoms with Crippen LogP contribution in [0.4, 0.5) is 0 Å². The van der Waals surface area contributed by atoms with Crippen LogP contribution in [0.1, 0.15) is 70.7 Å². The molecule has 2 heteroatoms. The van der Waals surface area contributed by atoms with Gasteiger partial charge in [-0.05, 0) is 59.2 Å². The number of nitrogens with one attached hydrogen (secondary N) is 1. The highest BCUT2D eigenvalue weighted by Crippen LogP contribution is 2.47. The van der Waals surface area contributed by atoms with E-state index in [2.05, 4.69) is 77.3 Å². The first-order valence-corrected chi connectivity index (χ1v) is 9.35. The Labute approximate surface area is 152 Å². The fourth-order valence-electron chi connectivity index (χ4n) is 4.22. The number of aromatic nitrogens is 1. The van der Waals surface area contributed by atoms with E-state index in [9.17, 15) is 0 Å². The lowest BCUT2D eigenvalue weighted by Crippen LogP contribution is -2.29. The van der Waals surface area contributed by atoms with Gasteiger partial charge in [-0.3, -0.25) is 0 Å². The van der Waals surface area contributed by atoms with E-state index in [-0.39, 0.29) is 5.41 Å². The second-order valence-corrected chi connectivity index (χ2v) is 7.88. The molecule has 0 amide bonds. The van der Waals surface area contributed by atoms with Gasteiger partial charge in [-0.25, -0.2) is 4.98 Å². The summed E-state index contributed by atoms with van der Waals surface area (Å²) < 4.78 is 0. The predicted octanol–water partition coefficient (Wildman–Crippen LogP) is 5.94. The van der Waals surface area contributed by atoms with Gasteiger partial charge < -0.3 is 5.32 Å². The Morgan fingerprint density at radius 2 is 1.96 bits per heavy atom. The molecule has 25 heavy (non-hydrogen) atoms. The number of rotatable bonds is 3. The van der Waals surface area contributed by atoms with Crippen molar-refractivity contribution < 1.29 is 0 Å². The molecule has 1 aliphatic carbocycles. The van der Waals surface area contributed by atoms with Crippen LogP contribution in [0, 0.1) is 0 Å². The highest BCUT2D eigenvalue weighted by atomic mass is 14.8. The molecule has 1 N–H and O–H groups in total. The fraction of sp³-hybridized carbons (Fsp3) is 0.435. The first kappa shape index (κ1) is 17.7. The third-order valence-electron chi connectivity index (χ3n) is 5.64. The topological polar surface area (TPSA) is 24.9 Å². The summed E-state index contributed by atoms with van der Waals surface area (Å²) in [4.78, 5) is 5.12. The van der Waals surface area contributed by atoms with Gasteiger partial charge >= 0.3 is 0 Å². The number of hydrogen-bond acceptors (Lipinski definition) is 2. The predicted molar refractivity (Wildman–Crippen MR) is 109 cm³/mol. The molecule has 0 saturated carbocycles. The largest absolute Gasteiger partial charge is 0.394 e. The molecule has 1 heterocycles. The molecule has 0 spiro atoms. The second-order valence-electron chi connectivity index (χ2n) is 7.88. The summed E-state index contributed by atoms with van der Waals surface area (Å²) in [6.07, 6.45) is 3.19. The lowest BCUT2D eigenvalue weighted by molar-refractivity contribution is 0.608. The minimum absolute atomic E-state index is 0.0610. The Kier molecular flexibility index (Phi) is 4.49. The molecule has 1 aromatic heterocycles. The third-order valence-corrected chi connectivity index (χ3v) is 5.64. The third kappa shape index (κ3) is 2.68. The monoisotopic (exact) mass is 334 g/mol. The minimum Gasteiger partial charge on any atom is -0.394 e. The van der Waals surface area contributed by atoms with Gasteiger partial charge in [-0.2, -0.15) is 0 Å². The standard InChI is InChI=1S/C23H30N2/c1-8-16-15(4)22-19(23(5,6)20(16)13-24-7)12-18-17(14(2)3)10-9-11-21(18)25-22/h9-14,24H,8H2,1-7H3/b20-13+. The Hall–Kier alpha value is -2.09. The Morgan fingerprint density at radius 3 is 2.56 bits per heavy atom. The minimum atomic E-state index is -0.0610. The highest BCUT2D eigenvalue weighted by molar-refractivity contribution is 5.88. The first-order valence-electron chi connectivity index (χ1n) is 9.35. The normalized spacial score (nSPS) is 18.2. The molecule has 0 bridgehead atoms. The molecule has 0 saturated heterocycles. The van der Waals surface area contributed by atoms with Gasteiger partial charge in [0.15, 0.2) is 0 Å². The molecule has 2 nitrogen and oxygen atoms in total. The van der Waals surface area contributed by atoms with Gasteiger partial charge in [-0.15, -0.1) is 0 Å². The van der Waals surface area contributed by atoms with E-state index in [0.717, 1.165) is 11.9 Å². The first-order chi connectivity index (χ1) is 11.8. The van der Waals surface area contributed by atoms with Crippen LogP contribution in [0.2, 0.25) is 0 Å². The lowest BCUT2D eigenvalue weighted by atomic mass is 9.67. The molecular weight excluding hydrogens is 304 g/mol. The summed E-state index contributed by atoms with van der Waals surface area (Å²) in [6, 6.07) is 8.91. The van der Waals surface area contributed by atoms with Gasteiger partial charge in [-0.1, -0.05) is 46.8 Å². The number of allylic oxidation sites excluding steroid dienone is 3. The Morgan fingerprint density at radius 1 is 1.24 bits per heavy atom. The summed E-state index contributed by atoms with van der Waals surface area (Å²) in [5, 5.41) is 4.55. The summed E-state index contributed by atoms with van der Waals surface area (Å²) in [5.41, 5.74) is 9.05. The number of pyridine rings is 1. The van der Waals surface area contributed by atoms with Gasteiger partial charge in [0.25, 0.3) is 0 Å².